The lowest BCUT2D eigenvalue weighted by atomic mass is 9.91. The lowest BCUT2D eigenvalue weighted by Crippen LogP contribution is -2.55. The molecule has 1 aromatic rings. The third-order valence-corrected chi connectivity index (χ3v) is 6.31. The van der Waals surface area contributed by atoms with Gasteiger partial charge in [0.2, 0.25) is 0 Å². The number of carbonyl (C=O) groups excluding carboxylic acids is 2. The van der Waals surface area contributed by atoms with Crippen molar-refractivity contribution in [3.63, 3.8) is 0 Å². The number of rotatable bonds is 3. The van der Waals surface area contributed by atoms with Crippen LogP contribution >= 0.6 is 22.9 Å². The highest BCUT2D eigenvalue weighted by Crippen LogP contribution is 2.30. The van der Waals surface area contributed by atoms with Crippen molar-refractivity contribution in [1.82, 2.24) is 14.8 Å². The zero-order valence-electron chi connectivity index (χ0n) is 15.2. The summed E-state index contributed by atoms with van der Waals surface area (Å²) in [6.07, 6.45) is 2.13. The first-order valence-electron chi connectivity index (χ1n) is 9.32. The van der Waals surface area contributed by atoms with Gasteiger partial charge in [-0.05, 0) is 25.7 Å². The van der Waals surface area contributed by atoms with Crippen LogP contribution in [0.5, 0.6) is 0 Å². The number of urea groups is 1. The summed E-state index contributed by atoms with van der Waals surface area (Å²) in [6.45, 7) is -0.0226. The number of piperidine rings is 1. The number of nitrogens with one attached hydrogen (secondary N) is 1. The number of alkyl halides is 3. The van der Waals surface area contributed by atoms with E-state index < -0.39 is 12.1 Å². The number of likely N-dealkylation sites (tertiary alicyclic amines) is 1. The average molecular weight is 439 g/mol. The van der Waals surface area contributed by atoms with E-state index in [9.17, 15) is 22.8 Å². The van der Waals surface area contributed by atoms with Crippen LogP contribution < -0.4 is 5.32 Å². The van der Waals surface area contributed by atoms with Gasteiger partial charge in [-0.3, -0.25) is 10.1 Å². The Morgan fingerprint density at radius 2 is 1.75 bits per heavy atom. The second-order valence-corrected chi connectivity index (χ2v) is 8.78. The van der Waals surface area contributed by atoms with Gasteiger partial charge in [0.1, 0.15) is 4.34 Å². The molecule has 28 heavy (non-hydrogen) atoms. The summed E-state index contributed by atoms with van der Waals surface area (Å²) >= 11 is 7.02. The van der Waals surface area contributed by atoms with E-state index in [-0.39, 0.29) is 31.2 Å². The van der Waals surface area contributed by atoms with E-state index in [4.69, 9.17) is 11.6 Å². The quantitative estimate of drug-likeness (QED) is 0.754. The number of halogens is 4. The fourth-order valence-corrected chi connectivity index (χ4v) is 4.79. The van der Waals surface area contributed by atoms with E-state index in [0.717, 1.165) is 48.3 Å². The molecule has 0 bridgehead atoms. The lowest BCUT2D eigenvalue weighted by Gasteiger charge is -2.43. The Bertz CT molecular complexity index is 701. The molecule has 1 saturated carbocycles. The highest BCUT2D eigenvalue weighted by molar-refractivity contribution is 7.19. The molecule has 3 amide bonds. The molecule has 1 aromatic heterocycles. The Kier molecular flexibility index (Phi) is 6.69. The van der Waals surface area contributed by atoms with E-state index in [1.54, 1.807) is 4.90 Å². The van der Waals surface area contributed by atoms with Crippen LogP contribution in [0.15, 0.2) is 6.20 Å². The van der Waals surface area contributed by atoms with Gasteiger partial charge in [-0.25, -0.2) is 9.78 Å². The van der Waals surface area contributed by atoms with Crippen molar-refractivity contribution in [2.45, 2.75) is 63.2 Å². The Morgan fingerprint density at radius 1 is 1.14 bits per heavy atom. The van der Waals surface area contributed by atoms with Crippen LogP contribution in [0.4, 0.5) is 23.1 Å². The Morgan fingerprint density at radius 3 is 2.29 bits per heavy atom. The second-order valence-electron chi connectivity index (χ2n) is 7.12. The minimum atomic E-state index is -4.86. The first-order chi connectivity index (χ1) is 13.3. The molecule has 2 heterocycles. The van der Waals surface area contributed by atoms with Crippen LogP contribution in [0, 0.1) is 0 Å². The molecule has 1 aliphatic heterocycles. The highest BCUT2D eigenvalue weighted by atomic mass is 35.5. The number of thiazole rings is 1. The van der Waals surface area contributed by atoms with Crippen LogP contribution in [-0.2, 0) is 4.79 Å². The summed E-state index contributed by atoms with van der Waals surface area (Å²) in [6, 6.07) is -0.478. The molecule has 3 rings (SSSR count). The molecule has 6 nitrogen and oxygen atoms in total. The van der Waals surface area contributed by atoms with Gasteiger partial charge < -0.3 is 9.80 Å². The van der Waals surface area contributed by atoms with Gasteiger partial charge in [0.05, 0.1) is 6.20 Å². The Balaban J connectivity index is 1.69. The van der Waals surface area contributed by atoms with Crippen molar-refractivity contribution < 1.29 is 22.8 Å². The number of aromatic nitrogens is 1. The van der Waals surface area contributed by atoms with Gasteiger partial charge in [0, 0.05) is 25.2 Å². The highest BCUT2D eigenvalue weighted by Gasteiger charge is 2.44. The molecule has 2 fully saturated rings. The van der Waals surface area contributed by atoms with Crippen LogP contribution in [0.25, 0.3) is 0 Å². The molecule has 1 N–H and O–H groups in total. The molecule has 0 aromatic carbocycles. The van der Waals surface area contributed by atoms with Crippen molar-refractivity contribution >= 4 is 40.0 Å². The van der Waals surface area contributed by atoms with E-state index >= 15 is 0 Å². The van der Waals surface area contributed by atoms with Gasteiger partial charge >= 0.3 is 18.1 Å². The number of nitrogens with zero attached hydrogens (tertiary/aromatic N) is 3. The molecular formula is C17H22ClF3N4O2S. The van der Waals surface area contributed by atoms with Gasteiger partial charge in [-0.2, -0.15) is 13.2 Å². The summed E-state index contributed by atoms with van der Waals surface area (Å²) in [5.41, 5.74) is 0. The molecule has 0 spiro atoms. The molecule has 0 unspecified atom stereocenters. The summed E-state index contributed by atoms with van der Waals surface area (Å²) in [7, 11) is 0. The van der Waals surface area contributed by atoms with Crippen LogP contribution in [0.2, 0.25) is 4.34 Å². The fourth-order valence-electron chi connectivity index (χ4n) is 3.98. The molecule has 11 heteroatoms. The maximum absolute atomic E-state index is 13.0. The molecule has 1 aliphatic carbocycles. The van der Waals surface area contributed by atoms with Crippen LogP contribution in [-0.4, -0.2) is 58.1 Å². The zero-order chi connectivity index (χ0) is 20.3. The largest absolute Gasteiger partial charge is 0.471 e. The summed E-state index contributed by atoms with van der Waals surface area (Å²) in [4.78, 5) is 31.1. The molecule has 1 saturated heterocycles. The number of anilines is 1. The number of hydrogen-bond donors (Lipinski definition) is 1. The maximum Gasteiger partial charge on any atom is 0.471 e. The summed E-state index contributed by atoms with van der Waals surface area (Å²) in [5, 5.41) is 3.15. The van der Waals surface area contributed by atoms with E-state index in [2.05, 4.69) is 10.3 Å². The standard InChI is InChI=1S/C17H22ClF3N4O2S/c18-13-10-22-15(28-13)23-16(27)25(11-4-2-1-3-5-11)12-6-8-24(9-7-12)14(26)17(19,20)21/h10-12H,1-9H2,(H,22,23,27). The molecule has 156 valence electrons. The first-order valence-corrected chi connectivity index (χ1v) is 10.5. The van der Waals surface area contributed by atoms with Crippen LogP contribution in [0.3, 0.4) is 0 Å². The summed E-state index contributed by atoms with van der Waals surface area (Å²) < 4.78 is 38.5. The number of hydrogen-bond acceptors (Lipinski definition) is 4. The predicted octanol–water partition coefficient (Wildman–Crippen LogP) is 4.52. The third-order valence-electron chi connectivity index (χ3n) is 5.28. The normalized spacial score (nSPS) is 19.5. The molecule has 0 atom stereocenters. The Hall–Kier alpha value is -1.55. The van der Waals surface area contributed by atoms with Gasteiger partial charge in [-0.1, -0.05) is 42.2 Å². The number of carbonyl (C=O) groups is 2. The second kappa shape index (κ2) is 8.86. The van der Waals surface area contributed by atoms with E-state index in [1.807, 2.05) is 0 Å². The van der Waals surface area contributed by atoms with E-state index in [0.29, 0.717) is 22.3 Å². The van der Waals surface area contributed by atoms with Gasteiger partial charge in [0.25, 0.3) is 0 Å². The zero-order valence-corrected chi connectivity index (χ0v) is 16.7. The average Bonchev–Trinajstić information content (AvgIpc) is 3.06. The fraction of sp³-hybridized carbons (Fsp3) is 0.706. The van der Waals surface area contributed by atoms with Crippen molar-refractivity contribution in [3.05, 3.63) is 10.5 Å². The minimum absolute atomic E-state index is 0.0113. The SMILES string of the molecule is O=C(Nc1ncc(Cl)s1)N(C1CCCCC1)C1CCN(C(=O)C(F)(F)F)CC1. The van der Waals surface area contributed by atoms with Crippen molar-refractivity contribution in [1.29, 1.82) is 0 Å². The van der Waals surface area contributed by atoms with Gasteiger partial charge in [-0.15, -0.1) is 0 Å². The predicted molar refractivity (Wildman–Crippen MR) is 101 cm³/mol. The van der Waals surface area contributed by atoms with Crippen LogP contribution in [0.1, 0.15) is 44.9 Å². The molecule has 2 aliphatic rings. The monoisotopic (exact) mass is 438 g/mol. The molecule has 0 radical (unpaired) electrons. The van der Waals surface area contributed by atoms with Crippen molar-refractivity contribution in [2.75, 3.05) is 18.4 Å². The maximum atomic E-state index is 13.0. The lowest BCUT2D eigenvalue weighted by molar-refractivity contribution is -0.186. The van der Waals surface area contributed by atoms with Crippen molar-refractivity contribution in [2.24, 2.45) is 0 Å². The smallest absolute Gasteiger partial charge is 0.335 e. The molecular weight excluding hydrogens is 417 g/mol. The minimum Gasteiger partial charge on any atom is -0.335 e. The Labute approximate surface area is 170 Å². The summed E-state index contributed by atoms with van der Waals surface area (Å²) in [5.74, 6) is -1.81. The third kappa shape index (κ3) is 5.08. The van der Waals surface area contributed by atoms with E-state index in [1.165, 1.54) is 6.20 Å². The van der Waals surface area contributed by atoms with Gasteiger partial charge in [0.15, 0.2) is 5.13 Å². The first kappa shape index (κ1) is 21.2. The van der Waals surface area contributed by atoms with Crippen molar-refractivity contribution in [3.8, 4) is 0 Å². The number of amides is 3. The topological polar surface area (TPSA) is 65.5 Å².